The van der Waals surface area contributed by atoms with Gasteiger partial charge in [0.1, 0.15) is 6.33 Å². The van der Waals surface area contributed by atoms with Crippen molar-refractivity contribution in [3.8, 4) is 5.69 Å². The van der Waals surface area contributed by atoms with Crippen LogP contribution in [0.15, 0.2) is 33.8 Å². The third kappa shape index (κ3) is 1.44. The number of nitrogens with one attached hydrogen (secondary N) is 1. The van der Waals surface area contributed by atoms with Crippen molar-refractivity contribution in [1.82, 2.24) is 14.8 Å². The summed E-state index contributed by atoms with van der Waals surface area (Å²) in [5, 5.41) is 5.95. The van der Waals surface area contributed by atoms with E-state index in [1.807, 2.05) is 0 Å². The second kappa shape index (κ2) is 3.30. The van der Waals surface area contributed by atoms with Crippen LogP contribution in [0.4, 0.5) is 5.69 Å². The minimum atomic E-state index is -0.282. The summed E-state index contributed by atoms with van der Waals surface area (Å²) in [5.41, 5.74) is 6.64. The molecule has 0 radical (unpaired) electrons. The van der Waals surface area contributed by atoms with Crippen LogP contribution in [0.3, 0.4) is 0 Å². The van der Waals surface area contributed by atoms with Crippen LogP contribution >= 0.6 is 15.9 Å². The Balaban J connectivity index is 2.63. The van der Waals surface area contributed by atoms with Gasteiger partial charge < -0.3 is 5.73 Å². The highest BCUT2D eigenvalue weighted by atomic mass is 79.9. The number of hydrogen-bond donors (Lipinski definition) is 2. The Morgan fingerprint density at radius 3 is 2.86 bits per heavy atom. The Kier molecular flexibility index (Phi) is 2.12. The van der Waals surface area contributed by atoms with Crippen LogP contribution in [-0.4, -0.2) is 14.8 Å². The Labute approximate surface area is 87.7 Å². The minimum absolute atomic E-state index is 0.282. The highest BCUT2D eigenvalue weighted by Gasteiger charge is 2.05. The molecule has 0 aliphatic carbocycles. The first-order valence-electron chi connectivity index (χ1n) is 3.86. The first-order chi connectivity index (χ1) is 6.68. The Morgan fingerprint density at radius 1 is 1.50 bits per heavy atom. The SMILES string of the molecule is Nc1ccc(-n2cn[nH]c2=O)c(Br)c1. The summed E-state index contributed by atoms with van der Waals surface area (Å²) in [4.78, 5) is 11.2. The molecule has 1 aromatic heterocycles. The predicted octanol–water partition coefficient (Wildman–Crippen LogP) is 0.905. The average Bonchev–Trinajstić information content (AvgIpc) is 2.52. The third-order valence-electron chi connectivity index (χ3n) is 1.78. The first-order valence-corrected chi connectivity index (χ1v) is 4.65. The summed E-state index contributed by atoms with van der Waals surface area (Å²) in [6.07, 6.45) is 1.42. The molecule has 0 bridgehead atoms. The van der Waals surface area contributed by atoms with Crippen molar-refractivity contribution in [1.29, 1.82) is 0 Å². The number of hydrogen-bond acceptors (Lipinski definition) is 3. The topological polar surface area (TPSA) is 76.7 Å². The fourth-order valence-electron chi connectivity index (χ4n) is 1.14. The van der Waals surface area contributed by atoms with Crippen LogP contribution in [0.25, 0.3) is 5.69 Å². The third-order valence-corrected chi connectivity index (χ3v) is 2.42. The molecule has 72 valence electrons. The zero-order valence-electron chi connectivity index (χ0n) is 7.07. The van der Waals surface area contributed by atoms with Gasteiger partial charge in [-0.25, -0.2) is 14.5 Å². The van der Waals surface area contributed by atoms with Crippen molar-refractivity contribution in [3.05, 3.63) is 39.5 Å². The summed E-state index contributed by atoms with van der Waals surface area (Å²) >= 11 is 3.32. The number of H-pyrrole nitrogens is 1. The molecule has 0 saturated heterocycles. The highest BCUT2D eigenvalue weighted by molar-refractivity contribution is 9.10. The van der Waals surface area contributed by atoms with Gasteiger partial charge in [0, 0.05) is 10.2 Å². The number of anilines is 1. The number of nitrogens with two attached hydrogens (primary N) is 1. The quantitative estimate of drug-likeness (QED) is 0.743. The first kappa shape index (κ1) is 9.01. The standard InChI is InChI=1S/C8H7BrN4O/c9-6-3-5(10)1-2-7(6)13-4-11-12-8(13)14/h1-4H,10H2,(H,12,14). The maximum Gasteiger partial charge on any atom is 0.347 e. The molecule has 1 aromatic carbocycles. The van der Waals surface area contributed by atoms with Crippen LogP contribution in [0.5, 0.6) is 0 Å². The van der Waals surface area contributed by atoms with Crippen molar-refractivity contribution >= 4 is 21.6 Å². The van der Waals surface area contributed by atoms with E-state index in [9.17, 15) is 4.79 Å². The van der Waals surface area contributed by atoms with E-state index >= 15 is 0 Å². The number of nitrogen functional groups attached to an aromatic ring is 1. The normalized spacial score (nSPS) is 10.4. The van der Waals surface area contributed by atoms with Gasteiger partial charge in [-0.2, -0.15) is 5.10 Å². The number of nitrogens with zero attached hydrogens (tertiary/aromatic N) is 2. The van der Waals surface area contributed by atoms with E-state index in [-0.39, 0.29) is 5.69 Å². The van der Waals surface area contributed by atoms with E-state index in [1.54, 1.807) is 18.2 Å². The van der Waals surface area contributed by atoms with Gasteiger partial charge in [-0.15, -0.1) is 0 Å². The van der Waals surface area contributed by atoms with Crippen molar-refractivity contribution in [3.63, 3.8) is 0 Å². The zero-order chi connectivity index (χ0) is 10.1. The van der Waals surface area contributed by atoms with Crippen molar-refractivity contribution in [2.24, 2.45) is 0 Å². The number of benzene rings is 1. The molecule has 0 spiro atoms. The number of halogens is 1. The summed E-state index contributed by atoms with van der Waals surface area (Å²) in [7, 11) is 0. The molecule has 14 heavy (non-hydrogen) atoms. The smallest absolute Gasteiger partial charge is 0.347 e. The minimum Gasteiger partial charge on any atom is -0.399 e. The zero-order valence-corrected chi connectivity index (χ0v) is 8.65. The lowest BCUT2D eigenvalue weighted by Crippen LogP contribution is -2.14. The molecular formula is C8H7BrN4O. The average molecular weight is 255 g/mol. The Bertz CT molecular complexity index is 516. The van der Waals surface area contributed by atoms with E-state index < -0.39 is 0 Å². The molecule has 0 aliphatic heterocycles. The number of aromatic amines is 1. The fraction of sp³-hybridized carbons (Fsp3) is 0. The van der Waals surface area contributed by atoms with E-state index in [2.05, 4.69) is 26.1 Å². The lowest BCUT2D eigenvalue weighted by molar-refractivity contribution is 0.978. The van der Waals surface area contributed by atoms with Gasteiger partial charge >= 0.3 is 5.69 Å². The lowest BCUT2D eigenvalue weighted by atomic mass is 10.3. The monoisotopic (exact) mass is 254 g/mol. The lowest BCUT2D eigenvalue weighted by Gasteiger charge is -2.03. The van der Waals surface area contributed by atoms with Crippen molar-refractivity contribution in [2.75, 3.05) is 5.73 Å². The van der Waals surface area contributed by atoms with Crippen LogP contribution in [-0.2, 0) is 0 Å². The van der Waals surface area contributed by atoms with Crippen LogP contribution in [0.1, 0.15) is 0 Å². The van der Waals surface area contributed by atoms with Crippen LogP contribution in [0.2, 0.25) is 0 Å². The van der Waals surface area contributed by atoms with E-state index in [1.165, 1.54) is 10.9 Å². The number of rotatable bonds is 1. The van der Waals surface area contributed by atoms with Crippen molar-refractivity contribution in [2.45, 2.75) is 0 Å². The molecule has 2 aromatic rings. The fourth-order valence-corrected chi connectivity index (χ4v) is 1.73. The maximum absolute atomic E-state index is 11.2. The molecule has 0 atom stereocenters. The summed E-state index contributed by atoms with van der Waals surface area (Å²) < 4.78 is 2.14. The summed E-state index contributed by atoms with van der Waals surface area (Å²) in [6.45, 7) is 0. The largest absolute Gasteiger partial charge is 0.399 e. The second-order valence-corrected chi connectivity index (χ2v) is 3.60. The van der Waals surface area contributed by atoms with Gasteiger partial charge in [-0.05, 0) is 34.1 Å². The Hall–Kier alpha value is -1.56. The summed E-state index contributed by atoms with van der Waals surface area (Å²) in [5.74, 6) is 0. The molecular weight excluding hydrogens is 248 g/mol. The second-order valence-electron chi connectivity index (χ2n) is 2.74. The van der Waals surface area contributed by atoms with E-state index in [0.29, 0.717) is 11.4 Å². The van der Waals surface area contributed by atoms with Crippen LogP contribution in [0, 0.1) is 0 Å². The molecule has 0 saturated carbocycles. The molecule has 6 heteroatoms. The Morgan fingerprint density at radius 2 is 2.29 bits per heavy atom. The van der Waals surface area contributed by atoms with Crippen molar-refractivity contribution < 1.29 is 0 Å². The molecule has 0 aliphatic rings. The van der Waals surface area contributed by atoms with Gasteiger partial charge in [-0.3, -0.25) is 0 Å². The van der Waals surface area contributed by atoms with Gasteiger partial charge in [0.2, 0.25) is 0 Å². The predicted molar refractivity (Wildman–Crippen MR) is 56.3 cm³/mol. The van der Waals surface area contributed by atoms with E-state index in [0.717, 1.165) is 4.47 Å². The van der Waals surface area contributed by atoms with Gasteiger partial charge in [0.25, 0.3) is 0 Å². The molecule has 3 N–H and O–H groups in total. The molecule has 0 fully saturated rings. The van der Waals surface area contributed by atoms with Gasteiger partial charge in [-0.1, -0.05) is 0 Å². The molecule has 1 heterocycles. The molecule has 0 amide bonds. The highest BCUT2D eigenvalue weighted by Crippen LogP contribution is 2.21. The molecule has 5 nitrogen and oxygen atoms in total. The molecule has 2 rings (SSSR count). The van der Waals surface area contributed by atoms with Gasteiger partial charge in [0.15, 0.2) is 0 Å². The number of aromatic nitrogens is 3. The molecule has 0 unspecified atom stereocenters. The van der Waals surface area contributed by atoms with Gasteiger partial charge in [0.05, 0.1) is 5.69 Å². The van der Waals surface area contributed by atoms with Crippen LogP contribution < -0.4 is 11.4 Å². The maximum atomic E-state index is 11.2. The van der Waals surface area contributed by atoms with E-state index in [4.69, 9.17) is 5.73 Å². The summed E-state index contributed by atoms with van der Waals surface area (Å²) in [6, 6.07) is 5.20.